The second-order valence-electron chi connectivity index (χ2n) is 3.90. The minimum atomic E-state index is 0.691. The van der Waals surface area contributed by atoms with Gasteiger partial charge in [0, 0.05) is 23.0 Å². The quantitative estimate of drug-likeness (QED) is 0.899. The number of hydrogen-bond acceptors (Lipinski definition) is 2. The van der Waals surface area contributed by atoms with E-state index >= 15 is 0 Å². The minimum Gasteiger partial charge on any atom is -0.330 e. The average molecular weight is 247 g/mol. The molecule has 0 aliphatic heterocycles. The normalized spacial score (nSPS) is 10.5. The SMILES string of the molecule is NCCCc1cnccc1-c1ccccc1Cl. The molecule has 0 fully saturated rings. The van der Waals surface area contributed by atoms with Gasteiger partial charge in [0.1, 0.15) is 0 Å². The molecule has 1 aromatic heterocycles. The molecule has 88 valence electrons. The number of aromatic nitrogens is 1. The van der Waals surface area contributed by atoms with Gasteiger partial charge < -0.3 is 5.73 Å². The van der Waals surface area contributed by atoms with E-state index < -0.39 is 0 Å². The molecule has 2 rings (SSSR count). The number of pyridine rings is 1. The third-order valence-electron chi connectivity index (χ3n) is 2.72. The molecule has 2 nitrogen and oxygen atoms in total. The van der Waals surface area contributed by atoms with Crippen molar-refractivity contribution in [2.24, 2.45) is 5.73 Å². The van der Waals surface area contributed by atoms with Gasteiger partial charge in [-0.2, -0.15) is 0 Å². The average Bonchev–Trinajstić information content (AvgIpc) is 2.37. The summed E-state index contributed by atoms with van der Waals surface area (Å²) in [5, 5.41) is 0.771. The van der Waals surface area contributed by atoms with Crippen molar-refractivity contribution < 1.29 is 0 Å². The van der Waals surface area contributed by atoms with Crippen LogP contribution in [-0.4, -0.2) is 11.5 Å². The maximum absolute atomic E-state index is 6.22. The summed E-state index contributed by atoms with van der Waals surface area (Å²) in [6, 6.07) is 9.88. The summed E-state index contributed by atoms with van der Waals surface area (Å²) < 4.78 is 0. The smallest absolute Gasteiger partial charge is 0.0484 e. The van der Waals surface area contributed by atoms with E-state index in [2.05, 4.69) is 4.98 Å². The Labute approximate surface area is 106 Å². The fourth-order valence-corrected chi connectivity index (χ4v) is 2.10. The first kappa shape index (κ1) is 12.1. The Morgan fingerprint density at radius 1 is 1.12 bits per heavy atom. The molecule has 1 heterocycles. The van der Waals surface area contributed by atoms with Gasteiger partial charge >= 0.3 is 0 Å². The molecule has 0 saturated carbocycles. The van der Waals surface area contributed by atoms with E-state index in [-0.39, 0.29) is 0 Å². The van der Waals surface area contributed by atoms with Gasteiger partial charge in [-0.15, -0.1) is 0 Å². The zero-order valence-electron chi connectivity index (χ0n) is 9.57. The van der Waals surface area contributed by atoms with Crippen molar-refractivity contribution >= 4 is 11.6 Å². The zero-order valence-corrected chi connectivity index (χ0v) is 10.3. The molecular formula is C14H15ClN2. The van der Waals surface area contributed by atoms with Gasteiger partial charge in [0.05, 0.1) is 0 Å². The van der Waals surface area contributed by atoms with E-state index in [1.54, 1.807) is 6.20 Å². The fourth-order valence-electron chi connectivity index (χ4n) is 1.86. The van der Waals surface area contributed by atoms with Gasteiger partial charge in [-0.25, -0.2) is 0 Å². The zero-order chi connectivity index (χ0) is 12.1. The van der Waals surface area contributed by atoms with Crippen LogP contribution in [0.4, 0.5) is 0 Å². The Hall–Kier alpha value is -1.38. The van der Waals surface area contributed by atoms with Crippen molar-refractivity contribution in [3.05, 3.63) is 53.3 Å². The van der Waals surface area contributed by atoms with Gasteiger partial charge in [0.15, 0.2) is 0 Å². The first-order chi connectivity index (χ1) is 8.33. The van der Waals surface area contributed by atoms with Gasteiger partial charge in [-0.05, 0) is 42.6 Å². The van der Waals surface area contributed by atoms with Crippen LogP contribution in [0.5, 0.6) is 0 Å². The number of halogens is 1. The predicted molar refractivity (Wildman–Crippen MR) is 72.1 cm³/mol. The highest BCUT2D eigenvalue weighted by Gasteiger charge is 2.07. The predicted octanol–water partition coefficient (Wildman–Crippen LogP) is 3.29. The van der Waals surface area contributed by atoms with Crippen LogP contribution >= 0.6 is 11.6 Å². The third kappa shape index (κ3) is 2.84. The number of nitrogens with two attached hydrogens (primary N) is 1. The van der Waals surface area contributed by atoms with Crippen LogP contribution in [0.2, 0.25) is 5.02 Å². The lowest BCUT2D eigenvalue weighted by molar-refractivity contribution is 0.830. The van der Waals surface area contributed by atoms with Crippen LogP contribution in [0.25, 0.3) is 11.1 Å². The second kappa shape index (κ2) is 5.80. The Morgan fingerprint density at radius 3 is 2.71 bits per heavy atom. The summed E-state index contributed by atoms with van der Waals surface area (Å²) in [7, 11) is 0. The molecule has 0 aliphatic rings. The maximum atomic E-state index is 6.22. The monoisotopic (exact) mass is 246 g/mol. The fraction of sp³-hybridized carbons (Fsp3) is 0.214. The first-order valence-electron chi connectivity index (χ1n) is 5.71. The van der Waals surface area contributed by atoms with E-state index in [4.69, 9.17) is 17.3 Å². The second-order valence-corrected chi connectivity index (χ2v) is 4.31. The lowest BCUT2D eigenvalue weighted by Crippen LogP contribution is -2.01. The lowest BCUT2D eigenvalue weighted by atomic mass is 9.99. The number of rotatable bonds is 4. The highest BCUT2D eigenvalue weighted by Crippen LogP contribution is 2.30. The summed E-state index contributed by atoms with van der Waals surface area (Å²) in [4.78, 5) is 4.17. The van der Waals surface area contributed by atoms with Crippen LogP contribution in [-0.2, 0) is 6.42 Å². The van der Waals surface area contributed by atoms with Crippen molar-refractivity contribution in [1.29, 1.82) is 0 Å². The molecule has 3 heteroatoms. The standard InChI is InChI=1S/C14H15ClN2/c15-14-6-2-1-5-13(14)12-7-9-17-10-11(12)4-3-8-16/h1-2,5-7,9-10H,3-4,8,16H2. The molecule has 0 atom stereocenters. The Kier molecular flexibility index (Phi) is 4.13. The van der Waals surface area contributed by atoms with Gasteiger partial charge in [0.25, 0.3) is 0 Å². The molecule has 0 unspecified atom stereocenters. The van der Waals surface area contributed by atoms with Crippen molar-refractivity contribution in [3.8, 4) is 11.1 Å². The topological polar surface area (TPSA) is 38.9 Å². The highest BCUT2D eigenvalue weighted by atomic mass is 35.5. The van der Waals surface area contributed by atoms with Crippen LogP contribution in [0.3, 0.4) is 0 Å². The Balaban J connectivity index is 2.41. The minimum absolute atomic E-state index is 0.691. The van der Waals surface area contributed by atoms with Crippen LogP contribution in [0.1, 0.15) is 12.0 Å². The van der Waals surface area contributed by atoms with Gasteiger partial charge in [0.2, 0.25) is 0 Å². The third-order valence-corrected chi connectivity index (χ3v) is 3.05. The largest absolute Gasteiger partial charge is 0.330 e. The molecule has 0 spiro atoms. The molecule has 0 saturated heterocycles. The van der Waals surface area contributed by atoms with Gasteiger partial charge in [-0.3, -0.25) is 4.98 Å². The van der Waals surface area contributed by atoms with Crippen molar-refractivity contribution in [2.45, 2.75) is 12.8 Å². The van der Waals surface area contributed by atoms with Crippen molar-refractivity contribution in [2.75, 3.05) is 6.54 Å². The number of aryl methyl sites for hydroxylation is 1. The van der Waals surface area contributed by atoms with E-state index in [0.717, 1.165) is 29.0 Å². The van der Waals surface area contributed by atoms with Gasteiger partial charge in [-0.1, -0.05) is 29.8 Å². The lowest BCUT2D eigenvalue weighted by Gasteiger charge is -2.10. The van der Waals surface area contributed by atoms with E-state index in [1.807, 2.05) is 36.5 Å². The van der Waals surface area contributed by atoms with E-state index in [0.29, 0.717) is 6.54 Å². The Bertz CT molecular complexity index is 497. The molecule has 0 bridgehead atoms. The molecule has 2 aromatic rings. The van der Waals surface area contributed by atoms with E-state index in [1.165, 1.54) is 5.56 Å². The summed E-state index contributed by atoms with van der Waals surface area (Å²) in [5.74, 6) is 0. The van der Waals surface area contributed by atoms with E-state index in [9.17, 15) is 0 Å². The molecule has 0 aliphatic carbocycles. The molecule has 0 amide bonds. The maximum Gasteiger partial charge on any atom is 0.0484 e. The van der Waals surface area contributed by atoms with Crippen LogP contribution < -0.4 is 5.73 Å². The number of hydrogen-bond donors (Lipinski definition) is 1. The van der Waals surface area contributed by atoms with Crippen LogP contribution in [0.15, 0.2) is 42.7 Å². The van der Waals surface area contributed by atoms with Crippen molar-refractivity contribution in [3.63, 3.8) is 0 Å². The molecule has 2 N–H and O–H groups in total. The molecular weight excluding hydrogens is 232 g/mol. The summed E-state index contributed by atoms with van der Waals surface area (Å²) >= 11 is 6.22. The number of benzene rings is 1. The summed E-state index contributed by atoms with van der Waals surface area (Å²) in [6.45, 7) is 0.691. The summed E-state index contributed by atoms with van der Waals surface area (Å²) in [5.41, 5.74) is 8.96. The molecule has 0 radical (unpaired) electrons. The Morgan fingerprint density at radius 2 is 1.94 bits per heavy atom. The number of nitrogens with zero attached hydrogens (tertiary/aromatic N) is 1. The summed E-state index contributed by atoms with van der Waals surface area (Å²) in [6.07, 6.45) is 5.59. The molecule has 17 heavy (non-hydrogen) atoms. The first-order valence-corrected chi connectivity index (χ1v) is 6.08. The van der Waals surface area contributed by atoms with Crippen molar-refractivity contribution in [1.82, 2.24) is 4.98 Å². The highest BCUT2D eigenvalue weighted by molar-refractivity contribution is 6.33. The van der Waals surface area contributed by atoms with Crippen LogP contribution in [0, 0.1) is 0 Å². The molecule has 1 aromatic carbocycles.